The minimum absolute atomic E-state index is 0.0124. The molecule has 0 aromatic rings. The lowest BCUT2D eigenvalue weighted by atomic mass is 9.94. The van der Waals surface area contributed by atoms with Crippen LogP contribution in [-0.4, -0.2) is 74.6 Å². The predicted molar refractivity (Wildman–Crippen MR) is 65.8 cm³/mol. The maximum atomic E-state index is 11.1. The molecule has 108 valence electrons. The minimum Gasteiger partial charge on any atom is -0.394 e. The zero-order valence-electron chi connectivity index (χ0n) is 9.84. The first-order valence-corrected chi connectivity index (χ1v) is 8.23. The van der Waals surface area contributed by atoms with E-state index in [1.165, 1.54) is 6.26 Å². The van der Waals surface area contributed by atoms with Gasteiger partial charge >= 0.3 is 0 Å². The quantitative estimate of drug-likeness (QED) is 0.441. The van der Waals surface area contributed by atoms with Gasteiger partial charge in [0.1, 0.15) is 33.2 Å². The standard InChI is InChI=1S/C9H18O7S2/c1-18(14,17)15-3-2-5-7(11)9(13)8(12)6(4-10)16-5/h5-13H,2-4H2,1H3/t5-,6-,7-,8-,9-,18?/m1/s1. The van der Waals surface area contributed by atoms with Gasteiger partial charge in [-0.1, -0.05) is 0 Å². The van der Waals surface area contributed by atoms with E-state index < -0.39 is 45.9 Å². The molecule has 0 bridgehead atoms. The molecule has 0 aromatic heterocycles. The van der Waals surface area contributed by atoms with E-state index in [0.29, 0.717) is 0 Å². The van der Waals surface area contributed by atoms with Crippen LogP contribution in [0.25, 0.3) is 0 Å². The highest BCUT2D eigenvalue weighted by Crippen LogP contribution is 2.23. The maximum Gasteiger partial charge on any atom is 0.141 e. The zero-order chi connectivity index (χ0) is 13.9. The monoisotopic (exact) mass is 302 g/mol. The van der Waals surface area contributed by atoms with Crippen LogP contribution in [0.4, 0.5) is 0 Å². The van der Waals surface area contributed by atoms with Gasteiger partial charge in [-0.2, -0.15) is 0 Å². The molecule has 0 aliphatic carbocycles. The predicted octanol–water partition coefficient (Wildman–Crippen LogP) is -2.47. The van der Waals surface area contributed by atoms with E-state index in [-0.39, 0.29) is 13.0 Å². The van der Waals surface area contributed by atoms with Gasteiger partial charge in [0, 0.05) is 23.9 Å². The second-order valence-electron chi connectivity index (χ2n) is 4.18. The third-order valence-electron chi connectivity index (χ3n) is 2.69. The maximum absolute atomic E-state index is 11.1. The smallest absolute Gasteiger partial charge is 0.141 e. The van der Waals surface area contributed by atoms with E-state index in [9.17, 15) is 19.5 Å². The summed E-state index contributed by atoms with van der Waals surface area (Å²) in [7, 11) is -2.75. The van der Waals surface area contributed by atoms with Gasteiger partial charge in [0.2, 0.25) is 0 Å². The number of hydrogen-bond acceptors (Lipinski definition) is 8. The third kappa shape index (κ3) is 4.35. The van der Waals surface area contributed by atoms with E-state index in [2.05, 4.69) is 11.2 Å². The highest BCUT2D eigenvalue weighted by atomic mass is 32.8. The van der Waals surface area contributed by atoms with E-state index >= 15 is 0 Å². The highest BCUT2D eigenvalue weighted by molar-refractivity contribution is 8.29. The van der Waals surface area contributed by atoms with Gasteiger partial charge in [-0.15, -0.1) is 0 Å². The van der Waals surface area contributed by atoms with E-state index in [1.54, 1.807) is 0 Å². The van der Waals surface area contributed by atoms with Crippen LogP contribution in [0.15, 0.2) is 0 Å². The largest absolute Gasteiger partial charge is 0.394 e. The zero-order valence-corrected chi connectivity index (χ0v) is 11.5. The fourth-order valence-corrected chi connectivity index (χ4v) is 2.34. The topological polar surface area (TPSA) is 116 Å². The molecule has 9 heteroatoms. The summed E-state index contributed by atoms with van der Waals surface area (Å²) in [5, 5.41) is 37.7. The van der Waals surface area contributed by atoms with Crippen molar-refractivity contribution in [2.45, 2.75) is 36.9 Å². The minimum atomic E-state index is -2.75. The lowest BCUT2D eigenvalue weighted by Crippen LogP contribution is -2.58. The van der Waals surface area contributed by atoms with Gasteiger partial charge in [-0.05, 0) is 0 Å². The Morgan fingerprint density at radius 3 is 2.28 bits per heavy atom. The Morgan fingerprint density at radius 1 is 1.22 bits per heavy atom. The Kier molecular flexibility index (Phi) is 5.87. The average Bonchev–Trinajstić information content (AvgIpc) is 2.27. The van der Waals surface area contributed by atoms with Gasteiger partial charge in [0.15, 0.2) is 0 Å². The molecule has 0 aromatic carbocycles. The van der Waals surface area contributed by atoms with Crippen molar-refractivity contribution in [2.24, 2.45) is 0 Å². The Labute approximate surface area is 110 Å². The second kappa shape index (κ2) is 6.53. The molecule has 1 aliphatic rings. The highest BCUT2D eigenvalue weighted by Gasteiger charge is 2.42. The van der Waals surface area contributed by atoms with Crippen LogP contribution in [0.5, 0.6) is 0 Å². The number of rotatable bonds is 5. The molecule has 1 saturated heterocycles. The summed E-state index contributed by atoms with van der Waals surface area (Å²) in [5.74, 6) is 0. The summed E-state index contributed by atoms with van der Waals surface area (Å²) >= 11 is 4.54. The molecule has 0 spiro atoms. The summed E-state index contributed by atoms with van der Waals surface area (Å²) in [4.78, 5) is 0. The van der Waals surface area contributed by atoms with Crippen molar-refractivity contribution in [3.8, 4) is 0 Å². The van der Waals surface area contributed by atoms with Gasteiger partial charge in [0.05, 0.1) is 19.3 Å². The molecular weight excluding hydrogens is 284 g/mol. The van der Waals surface area contributed by atoms with Crippen molar-refractivity contribution in [1.82, 2.24) is 0 Å². The van der Waals surface area contributed by atoms with E-state index in [1.807, 2.05) is 0 Å². The molecule has 0 amide bonds. The molecule has 4 N–H and O–H groups in total. The molecule has 0 radical (unpaired) electrons. The second-order valence-corrected chi connectivity index (χ2v) is 7.64. The normalized spacial score (nSPS) is 40.4. The number of hydrogen-bond donors (Lipinski definition) is 4. The SMILES string of the molecule is CS(=O)(=S)OCC[C@H]1O[C@H](CO)[C@@H](O)[C@H](O)[C@@H]1O. The first-order chi connectivity index (χ1) is 8.26. The van der Waals surface area contributed by atoms with Crippen LogP contribution >= 0.6 is 0 Å². The van der Waals surface area contributed by atoms with Crippen molar-refractivity contribution < 1.29 is 33.6 Å². The molecule has 0 saturated carbocycles. The summed E-state index contributed by atoms with van der Waals surface area (Å²) < 4.78 is 21.2. The number of aliphatic hydroxyl groups is 4. The van der Waals surface area contributed by atoms with Gasteiger partial charge in [-0.3, -0.25) is 4.18 Å². The van der Waals surface area contributed by atoms with Crippen molar-refractivity contribution in [2.75, 3.05) is 19.5 Å². The van der Waals surface area contributed by atoms with Crippen LogP contribution in [-0.2, 0) is 28.9 Å². The Balaban J connectivity index is 2.54. The van der Waals surface area contributed by atoms with Gasteiger partial charge < -0.3 is 25.2 Å². The molecule has 1 fully saturated rings. The lowest BCUT2D eigenvalue weighted by molar-refractivity contribution is -0.231. The number of aliphatic hydroxyl groups excluding tert-OH is 4. The van der Waals surface area contributed by atoms with Crippen LogP contribution < -0.4 is 0 Å². The van der Waals surface area contributed by atoms with Crippen molar-refractivity contribution in [3.63, 3.8) is 0 Å². The van der Waals surface area contributed by atoms with Crippen molar-refractivity contribution in [3.05, 3.63) is 0 Å². The first-order valence-electron chi connectivity index (χ1n) is 5.41. The molecule has 18 heavy (non-hydrogen) atoms. The summed E-state index contributed by atoms with van der Waals surface area (Å²) in [6, 6.07) is 0. The third-order valence-corrected chi connectivity index (χ3v) is 3.57. The van der Waals surface area contributed by atoms with Crippen LogP contribution in [0.3, 0.4) is 0 Å². The lowest BCUT2D eigenvalue weighted by Gasteiger charge is -2.40. The molecule has 7 nitrogen and oxygen atoms in total. The van der Waals surface area contributed by atoms with Gasteiger partial charge in [0.25, 0.3) is 0 Å². The van der Waals surface area contributed by atoms with E-state index in [4.69, 9.17) is 14.0 Å². The van der Waals surface area contributed by atoms with Crippen LogP contribution in [0, 0.1) is 0 Å². The molecule has 1 aliphatic heterocycles. The molecular formula is C9H18O7S2. The van der Waals surface area contributed by atoms with E-state index in [0.717, 1.165) is 0 Å². The Bertz CT molecular complexity index is 356. The average molecular weight is 302 g/mol. The van der Waals surface area contributed by atoms with Crippen LogP contribution in [0.2, 0.25) is 0 Å². The van der Waals surface area contributed by atoms with Crippen molar-refractivity contribution in [1.29, 1.82) is 0 Å². The van der Waals surface area contributed by atoms with Crippen molar-refractivity contribution >= 4 is 20.0 Å². The van der Waals surface area contributed by atoms with Crippen LogP contribution in [0.1, 0.15) is 6.42 Å². The fourth-order valence-electron chi connectivity index (χ4n) is 1.73. The molecule has 1 unspecified atom stereocenters. The number of ether oxygens (including phenoxy) is 1. The molecule has 1 rings (SSSR count). The fraction of sp³-hybridized carbons (Fsp3) is 1.00. The Morgan fingerprint density at radius 2 is 1.78 bits per heavy atom. The molecule has 1 heterocycles. The first kappa shape index (κ1) is 16.2. The van der Waals surface area contributed by atoms with Gasteiger partial charge in [-0.25, -0.2) is 4.21 Å². The Hall–Kier alpha value is 0.130. The molecule has 6 atom stereocenters. The summed E-state index contributed by atoms with van der Waals surface area (Å²) in [5.41, 5.74) is 0. The summed E-state index contributed by atoms with van der Waals surface area (Å²) in [6.45, 7) is -0.491. The summed E-state index contributed by atoms with van der Waals surface area (Å²) in [6.07, 6.45) is -4.45.